The van der Waals surface area contributed by atoms with E-state index >= 15 is 0 Å². The molecule has 0 aliphatic heterocycles. The normalized spacial score (nSPS) is 11.9. The fourth-order valence-corrected chi connectivity index (χ4v) is 9.20. The van der Waals surface area contributed by atoms with Gasteiger partial charge in [0.2, 0.25) is 0 Å². The summed E-state index contributed by atoms with van der Waals surface area (Å²) in [4.78, 5) is 0. The van der Waals surface area contributed by atoms with E-state index in [9.17, 15) is 30.6 Å². The van der Waals surface area contributed by atoms with Crippen molar-refractivity contribution in [3.8, 4) is 34.5 Å². The van der Waals surface area contributed by atoms with Gasteiger partial charge in [-0.25, -0.2) is 0 Å². The van der Waals surface area contributed by atoms with Crippen molar-refractivity contribution in [3.05, 3.63) is 190 Å². The third-order valence-electron chi connectivity index (χ3n) is 17.6. The lowest BCUT2D eigenvalue weighted by molar-refractivity contribution is 0.405. The molecule has 80 heavy (non-hydrogen) atoms. The lowest BCUT2D eigenvalue weighted by Crippen LogP contribution is -2.15. The van der Waals surface area contributed by atoms with Crippen LogP contribution in [-0.2, 0) is 27.1 Å². The van der Waals surface area contributed by atoms with E-state index in [0.29, 0.717) is 23.0 Å². The first-order valence-corrected chi connectivity index (χ1v) is 28.8. The first-order chi connectivity index (χ1) is 37.3. The lowest BCUT2D eigenvalue weighted by Gasteiger charge is -2.24. The molecule has 0 amide bonds. The average molecular weight is 1080 g/mol. The van der Waals surface area contributed by atoms with Gasteiger partial charge < -0.3 is 30.6 Å². The Bertz CT molecular complexity index is 3530. The summed E-state index contributed by atoms with van der Waals surface area (Å²) in [5, 5.41) is 65.9. The second-order valence-electron chi connectivity index (χ2n) is 25.2. The second kappa shape index (κ2) is 25.9. The largest absolute Gasteiger partial charge is 0.508 e. The summed E-state index contributed by atoms with van der Waals surface area (Å²) >= 11 is 0. The monoisotopic (exact) mass is 1080 g/mol. The average Bonchev–Trinajstić information content (AvgIpc) is 3.42. The van der Waals surface area contributed by atoms with E-state index in [0.717, 1.165) is 70.3 Å². The number of fused-ring (bicyclic) bond motifs is 4. The summed E-state index contributed by atoms with van der Waals surface area (Å²) in [6.07, 6.45) is 5.52. The van der Waals surface area contributed by atoms with Crippen molar-refractivity contribution < 1.29 is 30.6 Å². The van der Waals surface area contributed by atoms with Crippen LogP contribution in [0.3, 0.4) is 0 Å². The minimum Gasteiger partial charge on any atom is -0.508 e. The first-order valence-electron chi connectivity index (χ1n) is 28.8. The zero-order valence-corrected chi connectivity index (χ0v) is 51.6. The maximum absolute atomic E-state index is 9.67. The molecule has 0 fully saturated rings. The van der Waals surface area contributed by atoms with Crippen molar-refractivity contribution in [2.75, 3.05) is 0 Å². The molecule has 426 valence electrons. The van der Waals surface area contributed by atoms with Gasteiger partial charge in [0.05, 0.1) is 0 Å². The zero-order chi connectivity index (χ0) is 59.7. The lowest BCUT2D eigenvalue weighted by atomic mass is 9.81. The summed E-state index contributed by atoms with van der Waals surface area (Å²) in [7, 11) is 0. The zero-order valence-electron chi connectivity index (χ0n) is 51.6. The van der Waals surface area contributed by atoms with Crippen LogP contribution in [0.5, 0.6) is 34.5 Å². The van der Waals surface area contributed by atoms with Crippen molar-refractivity contribution in [1.82, 2.24) is 0 Å². The third kappa shape index (κ3) is 15.8. The van der Waals surface area contributed by atoms with Crippen LogP contribution in [-0.4, -0.2) is 30.6 Å². The predicted molar refractivity (Wildman–Crippen MR) is 343 cm³/mol. The molecule has 0 spiro atoms. The van der Waals surface area contributed by atoms with Crippen molar-refractivity contribution in [2.24, 2.45) is 0 Å². The van der Waals surface area contributed by atoms with Crippen LogP contribution in [0.15, 0.2) is 146 Å². The smallest absolute Gasteiger partial charge is 0.158 e. The number of hydrogen-bond donors (Lipinski definition) is 6. The van der Waals surface area contributed by atoms with Crippen molar-refractivity contribution >= 4 is 43.1 Å². The third-order valence-corrected chi connectivity index (χ3v) is 17.6. The number of benzene rings is 9. The number of rotatable bonds is 10. The van der Waals surface area contributed by atoms with Crippen molar-refractivity contribution in [3.63, 3.8) is 0 Å². The Balaban J connectivity index is 0.000000185. The Labute approximate surface area is 479 Å². The standard InChI is InChI=1S/C19H20O.C15H18O2.C15H18O.C13H20O.C12H18O/c1-4-19(2,3)17-7-5-13-10-16-12-18(20)8-6-14(16)9-15(13)11-17;1-4-15(2,3)12-6-5-10-8-13(16)14(17)9-11(10)7-12;1-4-15(2,3)13-7-5-12-10-14(16)8-6-11(12)9-13;1-6-13(4,5)11-7-9(2)12(14)10(3)8-11;1-5-12(3,4)10-6-7-11(13)9(2)8-10/h5-12,20H,4H2,1-3H3;5-9,16-17H,4H2,1-3H3;5-10,16H,4H2,1-3H3;7-8,14H,6H2,1-5H3;6-8,13H,5H2,1-4H3. The quantitative estimate of drug-likeness (QED) is 0.0599. The molecule has 0 radical (unpaired) electrons. The highest BCUT2D eigenvalue weighted by molar-refractivity contribution is 5.99. The Morgan fingerprint density at radius 3 is 0.912 bits per heavy atom. The molecule has 9 aromatic rings. The number of aromatic hydroxyl groups is 6. The summed E-state index contributed by atoms with van der Waals surface area (Å²) in [5.74, 6) is 1.33. The van der Waals surface area contributed by atoms with Crippen molar-refractivity contribution in [2.45, 2.75) is 184 Å². The van der Waals surface area contributed by atoms with E-state index in [1.165, 1.54) is 49.4 Å². The van der Waals surface area contributed by atoms with E-state index in [1.807, 2.05) is 51.1 Å². The van der Waals surface area contributed by atoms with Gasteiger partial charge in [-0.2, -0.15) is 0 Å². The van der Waals surface area contributed by atoms with E-state index in [2.05, 4.69) is 183 Å². The Morgan fingerprint density at radius 2 is 0.512 bits per heavy atom. The minimum absolute atomic E-state index is 0.0658. The Morgan fingerprint density at radius 1 is 0.250 bits per heavy atom. The predicted octanol–water partition coefficient (Wildman–Crippen LogP) is 20.6. The second-order valence-corrected chi connectivity index (χ2v) is 25.2. The SMILES string of the molecule is CCC(C)(C)c1cc(C)c(O)c(C)c1.CCC(C)(C)c1ccc(O)c(C)c1.CCC(C)(C)c1ccc2cc(O)c(O)cc2c1.CCC(C)(C)c1ccc2cc(O)ccc2c1.CCC(C)(C)c1ccc2cc3cc(O)ccc3cc2c1. The van der Waals surface area contributed by atoms with E-state index in [1.54, 1.807) is 36.4 Å². The molecule has 0 aliphatic carbocycles. The Hall–Kier alpha value is -7.18. The molecule has 0 atom stereocenters. The topological polar surface area (TPSA) is 121 Å². The van der Waals surface area contributed by atoms with Crippen LogP contribution in [0.2, 0.25) is 0 Å². The highest BCUT2D eigenvalue weighted by atomic mass is 16.3. The highest BCUT2D eigenvalue weighted by Crippen LogP contribution is 2.37. The van der Waals surface area contributed by atoms with E-state index < -0.39 is 0 Å². The molecule has 0 unspecified atom stereocenters. The minimum atomic E-state index is -0.0694. The highest BCUT2D eigenvalue weighted by Gasteiger charge is 2.22. The molecule has 0 aromatic heterocycles. The number of phenolic OH excluding ortho intramolecular Hbond substituents is 6. The van der Waals surface area contributed by atoms with Crippen molar-refractivity contribution in [1.29, 1.82) is 0 Å². The van der Waals surface area contributed by atoms with Crippen LogP contribution in [0, 0.1) is 20.8 Å². The van der Waals surface area contributed by atoms with Gasteiger partial charge in [-0.1, -0.05) is 195 Å². The molecule has 9 aromatic carbocycles. The van der Waals surface area contributed by atoms with Crippen LogP contribution in [0.4, 0.5) is 0 Å². The summed E-state index contributed by atoms with van der Waals surface area (Å²) in [6, 6.07) is 48.0. The molecule has 0 heterocycles. The van der Waals surface area contributed by atoms with Crippen LogP contribution >= 0.6 is 0 Å². The number of hydrogen-bond acceptors (Lipinski definition) is 6. The summed E-state index contributed by atoms with van der Waals surface area (Å²) in [6.45, 7) is 39.2. The van der Waals surface area contributed by atoms with E-state index in [-0.39, 0.29) is 38.6 Å². The van der Waals surface area contributed by atoms with Gasteiger partial charge in [0, 0.05) is 0 Å². The van der Waals surface area contributed by atoms with Gasteiger partial charge in [0.1, 0.15) is 23.0 Å². The maximum atomic E-state index is 9.67. The van der Waals surface area contributed by atoms with Gasteiger partial charge in [0.25, 0.3) is 0 Å². The fourth-order valence-electron chi connectivity index (χ4n) is 9.20. The summed E-state index contributed by atoms with van der Waals surface area (Å²) in [5.41, 5.74) is 10.4. The molecule has 0 saturated carbocycles. The van der Waals surface area contributed by atoms with Gasteiger partial charge in [-0.15, -0.1) is 0 Å². The molecule has 6 heteroatoms. The maximum Gasteiger partial charge on any atom is 0.158 e. The first kappa shape index (κ1) is 63.6. The number of aryl methyl sites for hydroxylation is 3. The Kier molecular flexibility index (Phi) is 20.6. The molecule has 0 bridgehead atoms. The molecular weight excluding hydrogens is 985 g/mol. The van der Waals surface area contributed by atoms with Gasteiger partial charge in [-0.05, 0) is 222 Å². The number of phenols is 6. The van der Waals surface area contributed by atoms with Crippen LogP contribution in [0.1, 0.15) is 180 Å². The van der Waals surface area contributed by atoms with Gasteiger partial charge in [0.15, 0.2) is 11.5 Å². The van der Waals surface area contributed by atoms with Crippen LogP contribution < -0.4 is 0 Å². The van der Waals surface area contributed by atoms with Gasteiger partial charge >= 0.3 is 0 Å². The molecule has 0 saturated heterocycles. The van der Waals surface area contributed by atoms with E-state index in [4.69, 9.17) is 0 Å². The molecule has 6 nitrogen and oxygen atoms in total. The summed E-state index contributed by atoms with van der Waals surface area (Å²) < 4.78 is 0. The van der Waals surface area contributed by atoms with Gasteiger partial charge in [-0.3, -0.25) is 0 Å². The fraction of sp³-hybridized carbons (Fsp3) is 0.378. The molecule has 0 aliphatic rings. The molecular formula is C74H94O6. The van der Waals surface area contributed by atoms with Crippen LogP contribution in [0.25, 0.3) is 43.1 Å². The molecule has 9 rings (SSSR count). The molecule has 6 N–H and O–H groups in total.